The number of carbonyl (C=O) groups is 1. The Kier molecular flexibility index (Phi) is 5.14. The molecule has 0 spiro atoms. The fraction of sp³-hybridized carbons (Fsp3) is 0.200. The van der Waals surface area contributed by atoms with E-state index in [0.717, 1.165) is 23.7 Å². The minimum absolute atomic E-state index is 0.0975. The lowest BCUT2D eigenvalue weighted by atomic mass is 10.1. The predicted molar refractivity (Wildman–Crippen MR) is 102 cm³/mol. The van der Waals surface area contributed by atoms with Gasteiger partial charge in [0.25, 0.3) is 0 Å². The summed E-state index contributed by atoms with van der Waals surface area (Å²) in [6.07, 6.45) is 0. The van der Waals surface area contributed by atoms with Crippen molar-refractivity contribution in [3.05, 3.63) is 70.7 Å². The van der Waals surface area contributed by atoms with Gasteiger partial charge < -0.3 is 10.0 Å². The molecule has 0 amide bonds. The summed E-state index contributed by atoms with van der Waals surface area (Å²) in [5, 5.41) is 11.3. The monoisotopic (exact) mass is 352 g/mol. The van der Waals surface area contributed by atoms with Crippen molar-refractivity contribution in [3.63, 3.8) is 0 Å². The van der Waals surface area contributed by atoms with Crippen molar-refractivity contribution >= 4 is 23.0 Å². The maximum atomic E-state index is 11.0. The van der Waals surface area contributed by atoms with Crippen molar-refractivity contribution in [3.8, 4) is 10.6 Å². The third kappa shape index (κ3) is 4.06. The summed E-state index contributed by atoms with van der Waals surface area (Å²) in [7, 11) is 0. The number of aromatic nitrogens is 1. The molecule has 1 N–H and O–H groups in total. The van der Waals surface area contributed by atoms with E-state index in [1.54, 1.807) is 5.38 Å². The highest BCUT2D eigenvalue weighted by Gasteiger charge is 2.11. The molecular weight excluding hydrogens is 332 g/mol. The first-order valence-corrected chi connectivity index (χ1v) is 9.04. The molecule has 4 nitrogen and oxygen atoms in total. The zero-order chi connectivity index (χ0) is 17.8. The van der Waals surface area contributed by atoms with E-state index in [1.165, 1.54) is 28.2 Å². The molecule has 128 valence electrons. The molecule has 1 aromatic heterocycles. The van der Waals surface area contributed by atoms with Gasteiger partial charge in [0.1, 0.15) is 5.01 Å². The van der Waals surface area contributed by atoms with Gasteiger partial charge in [0.15, 0.2) is 5.69 Å². The molecule has 0 fully saturated rings. The first kappa shape index (κ1) is 17.2. The first-order valence-electron chi connectivity index (χ1n) is 8.16. The summed E-state index contributed by atoms with van der Waals surface area (Å²) >= 11 is 1.36. The number of thiazole rings is 1. The van der Waals surface area contributed by atoms with Crippen LogP contribution in [0.1, 0.15) is 28.5 Å². The fourth-order valence-corrected chi connectivity index (χ4v) is 3.53. The van der Waals surface area contributed by atoms with Crippen molar-refractivity contribution in [2.24, 2.45) is 0 Å². The van der Waals surface area contributed by atoms with E-state index in [-0.39, 0.29) is 5.69 Å². The van der Waals surface area contributed by atoms with E-state index in [0.29, 0.717) is 0 Å². The molecule has 3 rings (SSSR count). The molecule has 0 aliphatic heterocycles. The van der Waals surface area contributed by atoms with Gasteiger partial charge in [-0.2, -0.15) is 0 Å². The van der Waals surface area contributed by atoms with Crippen molar-refractivity contribution in [1.29, 1.82) is 0 Å². The van der Waals surface area contributed by atoms with Crippen LogP contribution in [0.25, 0.3) is 10.6 Å². The van der Waals surface area contributed by atoms with E-state index in [2.05, 4.69) is 60.1 Å². The molecule has 0 aliphatic carbocycles. The van der Waals surface area contributed by atoms with Crippen LogP contribution in [0.4, 0.5) is 5.69 Å². The molecule has 0 atom stereocenters. The fourth-order valence-electron chi connectivity index (χ4n) is 2.74. The molecule has 0 saturated heterocycles. The number of carboxylic acid groups (broad SMARTS) is 1. The maximum Gasteiger partial charge on any atom is 0.355 e. The van der Waals surface area contributed by atoms with Gasteiger partial charge >= 0.3 is 5.97 Å². The van der Waals surface area contributed by atoms with Gasteiger partial charge in [0.2, 0.25) is 0 Å². The second-order valence-electron chi connectivity index (χ2n) is 5.90. The molecule has 3 aromatic rings. The van der Waals surface area contributed by atoms with E-state index in [4.69, 9.17) is 5.11 Å². The summed E-state index contributed by atoms with van der Waals surface area (Å²) in [6, 6.07) is 16.6. The number of aryl methyl sites for hydroxylation is 1. The second kappa shape index (κ2) is 7.49. The Labute approximate surface area is 151 Å². The van der Waals surface area contributed by atoms with Crippen LogP contribution in [0.15, 0.2) is 53.9 Å². The van der Waals surface area contributed by atoms with Crippen LogP contribution in [0.2, 0.25) is 0 Å². The third-order valence-electron chi connectivity index (χ3n) is 4.02. The average molecular weight is 352 g/mol. The Bertz CT molecular complexity index is 889. The van der Waals surface area contributed by atoms with Gasteiger partial charge in [-0.15, -0.1) is 11.3 Å². The van der Waals surface area contributed by atoms with Gasteiger partial charge in [-0.3, -0.25) is 0 Å². The molecule has 0 bridgehead atoms. The highest BCUT2D eigenvalue weighted by molar-refractivity contribution is 7.13. The number of benzene rings is 2. The smallest absolute Gasteiger partial charge is 0.355 e. The Morgan fingerprint density at radius 2 is 2.00 bits per heavy atom. The van der Waals surface area contributed by atoms with E-state index >= 15 is 0 Å². The van der Waals surface area contributed by atoms with Crippen LogP contribution in [0, 0.1) is 6.92 Å². The zero-order valence-corrected chi connectivity index (χ0v) is 15.1. The Balaban J connectivity index is 1.84. The first-order chi connectivity index (χ1) is 12.1. The highest BCUT2D eigenvalue weighted by Crippen LogP contribution is 2.26. The van der Waals surface area contributed by atoms with Crippen LogP contribution in [0.5, 0.6) is 0 Å². The van der Waals surface area contributed by atoms with E-state index in [9.17, 15) is 4.79 Å². The molecule has 1 heterocycles. The molecule has 25 heavy (non-hydrogen) atoms. The number of nitrogens with zero attached hydrogens (tertiary/aromatic N) is 2. The summed E-state index contributed by atoms with van der Waals surface area (Å²) in [4.78, 5) is 17.5. The standard InChI is InChI=1S/C20H20N2O2S/c1-3-22(17-9-4-6-14(2)10-17)12-15-7-5-8-16(11-15)19-21-18(13-25-19)20(23)24/h4-11,13H,3,12H2,1-2H3,(H,23,24). The number of aromatic carboxylic acids is 1. The highest BCUT2D eigenvalue weighted by atomic mass is 32.1. The second-order valence-corrected chi connectivity index (χ2v) is 6.75. The summed E-state index contributed by atoms with van der Waals surface area (Å²) in [6.45, 7) is 5.95. The van der Waals surface area contributed by atoms with Crippen molar-refractivity contribution in [1.82, 2.24) is 4.98 Å². The Morgan fingerprint density at radius 3 is 2.68 bits per heavy atom. The minimum Gasteiger partial charge on any atom is -0.476 e. The van der Waals surface area contributed by atoms with Crippen molar-refractivity contribution in [2.45, 2.75) is 20.4 Å². The van der Waals surface area contributed by atoms with Crippen LogP contribution >= 0.6 is 11.3 Å². The number of rotatable bonds is 6. The van der Waals surface area contributed by atoms with Crippen LogP contribution in [-0.2, 0) is 6.54 Å². The van der Waals surface area contributed by atoms with Crippen LogP contribution in [-0.4, -0.2) is 22.6 Å². The van der Waals surface area contributed by atoms with Gasteiger partial charge in [-0.1, -0.05) is 30.3 Å². The van der Waals surface area contributed by atoms with Crippen LogP contribution < -0.4 is 4.90 Å². The normalized spacial score (nSPS) is 10.6. The quantitative estimate of drug-likeness (QED) is 0.689. The lowest BCUT2D eigenvalue weighted by molar-refractivity contribution is 0.0691. The number of hydrogen-bond acceptors (Lipinski definition) is 4. The summed E-state index contributed by atoms with van der Waals surface area (Å²) in [5.74, 6) is -0.990. The molecule has 0 saturated carbocycles. The topological polar surface area (TPSA) is 53.4 Å². The largest absolute Gasteiger partial charge is 0.476 e. The summed E-state index contributed by atoms with van der Waals surface area (Å²) < 4.78 is 0. The number of hydrogen-bond donors (Lipinski definition) is 1. The van der Waals surface area contributed by atoms with Gasteiger partial charge in [-0.05, 0) is 43.2 Å². The lowest BCUT2D eigenvalue weighted by Gasteiger charge is -2.24. The third-order valence-corrected chi connectivity index (χ3v) is 4.91. The van der Waals surface area contributed by atoms with Crippen LogP contribution in [0.3, 0.4) is 0 Å². The average Bonchev–Trinajstić information content (AvgIpc) is 3.10. The molecule has 0 aliphatic rings. The van der Waals surface area contributed by atoms with Crippen molar-refractivity contribution in [2.75, 3.05) is 11.4 Å². The minimum atomic E-state index is -0.990. The van der Waals surface area contributed by atoms with E-state index < -0.39 is 5.97 Å². The van der Waals surface area contributed by atoms with E-state index in [1.807, 2.05) is 12.1 Å². The van der Waals surface area contributed by atoms with Crippen molar-refractivity contribution < 1.29 is 9.90 Å². The maximum absolute atomic E-state index is 11.0. The van der Waals surface area contributed by atoms with Gasteiger partial charge in [-0.25, -0.2) is 9.78 Å². The molecule has 2 aromatic carbocycles. The Hall–Kier alpha value is -2.66. The summed E-state index contributed by atoms with van der Waals surface area (Å²) in [5.41, 5.74) is 4.67. The molecule has 5 heteroatoms. The molecular formula is C20H20N2O2S. The molecule has 0 unspecified atom stereocenters. The van der Waals surface area contributed by atoms with Gasteiger partial charge in [0, 0.05) is 29.7 Å². The number of anilines is 1. The zero-order valence-electron chi connectivity index (χ0n) is 14.3. The number of carboxylic acids is 1. The van der Waals surface area contributed by atoms with Gasteiger partial charge in [0.05, 0.1) is 0 Å². The molecule has 0 radical (unpaired) electrons. The lowest BCUT2D eigenvalue weighted by Crippen LogP contribution is -2.21. The predicted octanol–water partition coefficient (Wildman–Crippen LogP) is 4.84. The SMILES string of the molecule is CCN(Cc1cccc(-c2nc(C(=O)O)cs2)c1)c1cccc(C)c1. The Morgan fingerprint density at radius 1 is 1.20 bits per heavy atom.